The minimum atomic E-state index is -0.970. The third-order valence-electron chi connectivity index (χ3n) is 4.34. The van der Waals surface area contributed by atoms with Gasteiger partial charge in [-0.25, -0.2) is 0 Å². The number of aliphatic hydroxyl groups excluding tert-OH is 1. The van der Waals surface area contributed by atoms with E-state index in [2.05, 4.69) is 10.6 Å². The Morgan fingerprint density at radius 3 is 2.68 bits per heavy atom. The molecule has 1 unspecified atom stereocenters. The summed E-state index contributed by atoms with van der Waals surface area (Å²) in [5, 5.41) is 16.0. The predicted molar refractivity (Wildman–Crippen MR) is 118 cm³/mol. The number of amides is 2. The Hall–Kier alpha value is -3.00. The molecule has 1 atom stereocenters. The van der Waals surface area contributed by atoms with Gasteiger partial charge in [0.25, 0.3) is 11.8 Å². The quantitative estimate of drug-likeness (QED) is 0.462. The van der Waals surface area contributed by atoms with Crippen molar-refractivity contribution < 1.29 is 23.8 Å². The van der Waals surface area contributed by atoms with E-state index >= 15 is 0 Å². The van der Waals surface area contributed by atoms with Crippen LogP contribution >= 0.6 is 23.2 Å². The molecule has 0 fully saturated rings. The molecular weight excluding hydrogens is 443 g/mol. The summed E-state index contributed by atoms with van der Waals surface area (Å²) in [6.07, 6.45) is 0.434. The Morgan fingerprint density at radius 1 is 1.13 bits per heavy atom. The number of aryl methyl sites for hydroxylation is 1. The number of furan rings is 1. The van der Waals surface area contributed by atoms with Crippen molar-refractivity contribution in [2.75, 3.05) is 18.5 Å². The molecule has 2 amide bonds. The van der Waals surface area contributed by atoms with Gasteiger partial charge in [-0.15, -0.1) is 0 Å². The van der Waals surface area contributed by atoms with E-state index in [0.29, 0.717) is 22.0 Å². The number of halogens is 2. The van der Waals surface area contributed by atoms with Crippen molar-refractivity contribution in [2.24, 2.45) is 0 Å². The lowest BCUT2D eigenvalue weighted by atomic mass is 10.1. The molecule has 0 aliphatic rings. The van der Waals surface area contributed by atoms with E-state index < -0.39 is 17.9 Å². The molecule has 0 bridgehead atoms. The van der Waals surface area contributed by atoms with Crippen LogP contribution in [0, 0.1) is 6.92 Å². The van der Waals surface area contributed by atoms with Crippen molar-refractivity contribution in [3.8, 4) is 5.75 Å². The van der Waals surface area contributed by atoms with Gasteiger partial charge in [-0.1, -0.05) is 35.3 Å². The molecule has 7 nitrogen and oxygen atoms in total. The SMILES string of the molecule is Cc1ccc(C(=O)NCC(O)COc2cccc(Cl)c2Cl)cc1NC(=O)c1ccco1. The van der Waals surface area contributed by atoms with Crippen LogP contribution in [0.5, 0.6) is 5.75 Å². The molecule has 1 aromatic heterocycles. The van der Waals surface area contributed by atoms with Gasteiger partial charge in [0.2, 0.25) is 0 Å². The summed E-state index contributed by atoms with van der Waals surface area (Å²) >= 11 is 12.0. The van der Waals surface area contributed by atoms with E-state index in [1.54, 1.807) is 48.5 Å². The van der Waals surface area contributed by atoms with Crippen LogP contribution in [0.3, 0.4) is 0 Å². The molecule has 0 saturated carbocycles. The molecule has 0 saturated heterocycles. The topological polar surface area (TPSA) is 101 Å². The maximum absolute atomic E-state index is 12.5. The van der Waals surface area contributed by atoms with Gasteiger partial charge in [-0.05, 0) is 48.9 Å². The highest BCUT2D eigenvalue weighted by Gasteiger charge is 2.15. The Morgan fingerprint density at radius 2 is 1.94 bits per heavy atom. The second kappa shape index (κ2) is 10.3. The van der Waals surface area contributed by atoms with Gasteiger partial charge < -0.3 is 24.9 Å². The van der Waals surface area contributed by atoms with Crippen LogP contribution in [0.1, 0.15) is 26.5 Å². The molecule has 3 rings (SSSR count). The highest BCUT2D eigenvalue weighted by Crippen LogP contribution is 2.31. The Balaban J connectivity index is 1.55. The maximum Gasteiger partial charge on any atom is 0.291 e. The number of carbonyl (C=O) groups is 2. The van der Waals surface area contributed by atoms with Gasteiger partial charge in [0.05, 0.1) is 11.3 Å². The number of rotatable bonds is 8. The molecule has 0 aliphatic carbocycles. The smallest absolute Gasteiger partial charge is 0.291 e. The van der Waals surface area contributed by atoms with E-state index in [-0.39, 0.29) is 23.9 Å². The van der Waals surface area contributed by atoms with Gasteiger partial charge in [-0.2, -0.15) is 0 Å². The fraction of sp³-hybridized carbons (Fsp3) is 0.182. The van der Waals surface area contributed by atoms with Crippen LogP contribution in [-0.2, 0) is 0 Å². The van der Waals surface area contributed by atoms with Gasteiger partial charge in [0, 0.05) is 17.8 Å². The number of nitrogens with one attached hydrogen (secondary N) is 2. The first-order valence-corrected chi connectivity index (χ1v) is 10.1. The molecule has 3 N–H and O–H groups in total. The Labute approximate surface area is 188 Å². The minimum absolute atomic E-state index is 0.0427. The molecule has 31 heavy (non-hydrogen) atoms. The molecule has 162 valence electrons. The standard InChI is InChI=1S/C22H20Cl2N2O5/c1-13-7-8-14(10-17(13)26-22(29)19-6-3-9-30-19)21(28)25-11-15(27)12-31-18-5-2-4-16(23)20(18)24/h2-10,15,27H,11-12H2,1H3,(H,25,28)(H,26,29). The Kier molecular flexibility index (Phi) is 7.57. The summed E-state index contributed by atoms with van der Waals surface area (Å²) in [6, 6.07) is 13.0. The van der Waals surface area contributed by atoms with E-state index in [1.165, 1.54) is 6.26 Å². The zero-order valence-electron chi connectivity index (χ0n) is 16.5. The summed E-state index contributed by atoms with van der Waals surface area (Å²) in [5.41, 5.74) is 1.59. The first kappa shape index (κ1) is 22.7. The summed E-state index contributed by atoms with van der Waals surface area (Å²) < 4.78 is 10.5. The number of aliphatic hydroxyl groups is 1. The zero-order chi connectivity index (χ0) is 22.4. The van der Waals surface area contributed by atoms with Crippen LogP contribution in [0.2, 0.25) is 10.0 Å². The van der Waals surface area contributed by atoms with Crippen molar-refractivity contribution in [1.82, 2.24) is 5.32 Å². The number of ether oxygens (including phenoxy) is 1. The van der Waals surface area contributed by atoms with Gasteiger partial charge >= 0.3 is 0 Å². The molecule has 0 radical (unpaired) electrons. The summed E-state index contributed by atoms with van der Waals surface area (Å²) in [4.78, 5) is 24.7. The van der Waals surface area contributed by atoms with Crippen LogP contribution in [0.25, 0.3) is 0 Å². The third kappa shape index (κ3) is 6.01. The monoisotopic (exact) mass is 462 g/mol. The van der Waals surface area contributed by atoms with Crippen molar-refractivity contribution >= 4 is 40.7 Å². The van der Waals surface area contributed by atoms with Crippen molar-refractivity contribution in [3.63, 3.8) is 0 Å². The van der Waals surface area contributed by atoms with Crippen molar-refractivity contribution in [3.05, 3.63) is 81.7 Å². The fourth-order valence-electron chi connectivity index (χ4n) is 2.64. The minimum Gasteiger partial charge on any atom is -0.489 e. The molecule has 1 heterocycles. The lowest BCUT2D eigenvalue weighted by Gasteiger charge is -2.15. The van der Waals surface area contributed by atoms with Crippen LogP contribution in [-0.4, -0.2) is 36.2 Å². The van der Waals surface area contributed by atoms with E-state index in [0.717, 1.165) is 5.56 Å². The highest BCUT2D eigenvalue weighted by molar-refractivity contribution is 6.42. The second-order valence-corrected chi connectivity index (χ2v) is 7.47. The molecule has 3 aromatic rings. The zero-order valence-corrected chi connectivity index (χ0v) is 18.0. The van der Waals surface area contributed by atoms with E-state index in [1.807, 2.05) is 6.92 Å². The lowest BCUT2D eigenvalue weighted by Crippen LogP contribution is -2.35. The number of hydrogen-bond acceptors (Lipinski definition) is 5. The fourth-order valence-corrected chi connectivity index (χ4v) is 2.99. The van der Waals surface area contributed by atoms with Crippen molar-refractivity contribution in [2.45, 2.75) is 13.0 Å². The van der Waals surface area contributed by atoms with Crippen LogP contribution in [0.15, 0.2) is 59.2 Å². The second-order valence-electron chi connectivity index (χ2n) is 6.69. The van der Waals surface area contributed by atoms with Crippen LogP contribution < -0.4 is 15.4 Å². The molecule has 9 heteroatoms. The summed E-state index contributed by atoms with van der Waals surface area (Å²) in [6.45, 7) is 1.68. The molecule has 0 aliphatic heterocycles. The van der Waals surface area contributed by atoms with Gasteiger partial charge in [0.15, 0.2) is 5.76 Å². The molecular formula is C22H20Cl2N2O5. The predicted octanol–water partition coefficient (Wildman–Crippen LogP) is 4.32. The van der Waals surface area contributed by atoms with E-state index in [9.17, 15) is 14.7 Å². The normalized spacial score (nSPS) is 11.6. The number of hydrogen-bond donors (Lipinski definition) is 3. The van der Waals surface area contributed by atoms with E-state index in [4.69, 9.17) is 32.4 Å². The number of anilines is 1. The third-order valence-corrected chi connectivity index (χ3v) is 5.14. The maximum atomic E-state index is 12.5. The largest absolute Gasteiger partial charge is 0.489 e. The molecule has 2 aromatic carbocycles. The number of carbonyl (C=O) groups excluding carboxylic acids is 2. The first-order chi connectivity index (χ1) is 14.8. The number of benzene rings is 2. The average Bonchev–Trinajstić information content (AvgIpc) is 3.29. The van der Waals surface area contributed by atoms with Gasteiger partial charge in [0.1, 0.15) is 23.5 Å². The summed E-state index contributed by atoms with van der Waals surface area (Å²) in [5.74, 6) is -0.321. The Bertz CT molecular complexity index is 1070. The lowest BCUT2D eigenvalue weighted by molar-refractivity contribution is 0.0843. The average molecular weight is 463 g/mol. The first-order valence-electron chi connectivity index (χ1n) is 9.33. The molecule has 0 spiro atoms. The van der Waals surface area contributed by atoms with Gasteiger partial charge in [-0.3, -0.25) is 9.59 Å². The highest BCUT2D eigenvalue weighted by atomic mass is 35.5. The van der Waals surface area contributed by atoms with Crippen LogP contribution in [0.4, 0.5) is 5.69 Å². The summed E-state index contributed by atoms with van der Waals surface area (Å²) in [7, 11) is 0. The van der Waals surface area contributed by atoms with Crippen molar-refractivity contribution in [1.29, 1.82) is 0 Å².